The van der Waals surface area contributed by atoms with Crippen LogP contribution in [0, 0.1) is 13.8 Å². The van der Waals surface area contributed by atoms with Crippen molar-refractivity contribution in [3.05, 3.63) is 58.7 Å². The van der Waals surface area contributed by atoms with Gasteiger partial charge in [-0.3, -0.25) is 4.79 Å². The quantitative estimate of drug-likeness (QED) is 0.684. The fourth-order valence-electron chi connectivity index (χ4n) is 2.40. The zero-order valence-corrected chi connectivity index (χ0v) is 12.9. The van der Waals surface area contributed by atoms with Gasteiger partial charge in [-0.15, -0.1) is 0 Å². The molecule has 0 bridgehead atoms. The molecule has 0 radical (unpaired) electrons. The minimum absolute atomic E-state index is 0.0149. The molecule has 2 aromatic rings. The molecule has 0 heterocycles. The Morgan fingerprint density at radius 2 is 1.57 bits per heavy atom. The molecule has 0 aliphatic carbocycles. The van der Waals surface area contributed by atoms with Gasteiger partial charge in [0.2, 0.25) is 0 Å². The lowest BCUT2D eigenvalue weighted by atomic mass is 9.94. The third-order valence-electron chi connectivity index (χ3n) is 3.28. The van der Waals surface area contributed by atoms with Crippen molar-refractivity contribution in [3.63, 3.8) is 0 Å². The maximum atomic E-state index is 12.7. The number of nitrogen functional groups attached to an aromatic ring is 1. The number of carbonyl (C=O) groups excluding carboxylic acids is 1. The van der Waals surface area contributed by atoms with E-state index in [1.54, 1.807) is 24.3 Å². The van der Waals surface area contributed by atoms with Crippen LogP contribution in [0.1, 0.15) is 40.9 Å². The van der Waals surface area contributed by atoms with Gasteiger partial charge in [0.25, 0.3) is 0 Å². The van der Waals surface area contributed by atoms with Gasteiger partial charge in [-0.25, -0.2) is 0 Å². The summed E-state index contributed by atoms with van der Waals surface area (Å²) < 4.78 is 5.70. The normalized spacial score (nSPS) is 10.7. The summed E-state index contributed by atoms with van der Waals surface area (Å²) in [5.74, 6) is 0.815. The number of ketones is 1. The topological polar surface area (TPSA) is 52.3 Å². The van der Waals surface area contributed by atoms with Crippen LogP contribution in [0.5, 0.6) is 5.75 Å². The van der Waals surface area contributed by atoms with E-state index in [1.165, 1.54) is 0 Å². The first-order valence-electron chi connectivity index (χ1n) is 7.06. The molecule has 3 heteroatoms. The summed E-state index contributed by atoms with van der Waals surface area (Å²) in [7, 11) is 0. The van der Waals surface area contributed by atoms with Gasteiger partial charge < -0.3 is 10.5 Å². The van der Waals surface area contributed by atoms with Crippen LogP contribution in [-0.2, 0) is 0 Å². The second-order valence-electron chi connectivity index (χ2n) is 5.55. The minimum atomic E-state index is 0.0149. The molecule has 0 atom stereocenters. The fraction of sp³-hybridized carbons (Fsp3) is 0.278. The number of rotatable bonds is 4. The van der Waals surface area contributed by atoms with Crippen LogP contribution in [0.4, 0.5) is 5.69 Å². The summed E-state index contributed by atoms with van der Waals surface area (Å²) in [5, 5.41) is 0. The SMILES string of the molecule is Cc1cc(OC(C)C)cc(C)c1C(=O)c1ccc(N)cc1. The number of nitrogens with two attached hydrogens (primary N) is 1. The summed E-state index contributed by atoms with van der Waals surface area (Å²) in [4.78, 5) is 12.7. The Balaban J connectivity index is 2.39. The van der Waals surface area contributed by atoms with E-state index in [1.807, 2.05) is 39.8 Å². The molecular formula is C18H21NO2. The summed E-state index contributed by atoms with van der Waals surface area (Å²) in [6.45, 7) is 7.84. The van der Waals surface area contributed by atoms with Crippen molar-refractivity contribution in [1.29, 1.82) is 0 Å². The van der Waals surface area contributed by atoms with Crippen molar-refractivity contribution < 1.29 is 9.53 Å². The van der Waals surface area contributed by atoms with Crippen LogP contribution in [-0.4, -0.2) is 11.9 Å². The van der Waals surface area contributed by atoms with E-state index >= 15 is 0 Å². The first-order chi connectivity index (χ1) is 9.88. The third-order valence-corrected chi connectivity index (χ3v) is 3.28. The zero-order valence-electron chi connectivity index (χ0n) is 12.9. The van der Waals surface area contributed by atoms with Crippen molar-refractivity contribution in [2.24, 2.45) is 0 Å². The van der Waals surface area contributed by atoms with Crippen molar-refractivity contribution >= 4 is 11.5 Å². The van der Waals surface area contributed by atoms with Gasteiger partial charge in [-0.05, 0) is 75.2 Å². The van der Waals surface area contributed by atoms with Gasteiger partial charge in [0.1, 0.15) is 5.75 Å². The number of ether oxygens (including phenoxy) is 1. The molecule has 0 saturated heterocycles. The van der Waals surface area contributed by atoms with Gasteiger partial charge >= 0.3 is 0 Å². The van der Waals surface area contributed by atoms with Crippen LogP contribution in [0.25, 0.3) is 0 Å². The molecule has 2 N–H and O–H groups in total. The highest BCUT2D eigenvalue weighted by Gasteiger charge is 2.16. The van der Waals surface area contributed by atoms with Crippen LogP contribution in [0.15, 0.2) is 36.4 Å². The Bertz CT molecular complexity index is 634. The molecule has 0 aromatic heterocycles. The van der Waals surface area contributed by atoms with Crippen LogP contribution in [0.2, 0.25) is 0 Å². The van der Waals surface area contributed by atoms with E-state index in [9.17, 15) is 4.79 Å². The largest absolute Gasteiger partial charge is 0.491 e. The smallest absolute Gasteiger partial charge is 0.193 e. The van der Waals surface area contributed by atoms with Gasteiger partial charge in [-0.2, -0.15) is 0 Å². The van der Waals surface area contributed by atoms with E-state index in [0.717, 1.165) is 22.4 Å². The van der Waals surface area contributed by atoms with E-state index in [2.05, 4.69) is 0 Å². The van der Waals surface area contributed by atoms with Gasteiger partial charge in [-0.1, -0.05) is 0 Å². The molecule has 0 saturated carbocycles. The van der Waals surface area contributed by atoms with Crippen LogP contribution >= 0.6 is 0 Å². The van der Waals surface area contributed by atoms with E-state index in [-0.39, 0.29) is 11.9 Å². The van der Waals surface area contributed by atoms with Gasteiger partial charge in [0.15, 0.2) is 5.78 Å². The van der Waals surface area contributed by atoms with Crippen molar-refractivity contribution in [3.8, 4) is 5.75 Å². The Morgan fingerprint density at radius 3 is 2.05 bits per heavy atom. The van der Waals surface area contributed by atoms with Crippen molar-refractivity contribution in [2.75, 3.05) is 5.73 Å². The monoisotopic (exact) mass is 283 g/mol. The van der Waals surface area contributed by atoms with E-state index in [4.69, 9.17) is 10.5 Å². The summed E-state index contributed by atoms with van der Waals surface area (Å²) >= 11 is 0. The molecule has 0 aliphatic rings. The Kier molecular flexibility index (Phi) is 4.32. The number of benzene rings is 2. The second-order valence-corrected chi connectivity index (χ2v) is 5.55. The second kappa shape index (κ2) is 6.00. The third kappa shape index (κ3) is 3.43. The van der Waals surface area contributed by atoms with Gasteiger partial charge in [0, 0.05) is 16.8 Å². The lowest BCUT2D eigenvalue weighted by Crippen LogP contribution is -2.09. The maximum Gasteiger partial charge on any atom is 0.193 e. The lowest BCUT2D eigenvalue weighted by Gasteiger charge is -2.15. The van der Waals surface area contributed by atoms with Crippen LogP contribution < -0.4 is 10.5 Å². The zero-order chi connectivity index (χ0) is 15.6. The number of anilines is 1. The molecule has 2 rings (SSSR count). The molecule has 0 aliphatic heterocycles. The average molecular weight is 283 g/mol. The first kappa shape index (κ1) is 15.1. The molecule has 3 nitrogen and oxygen atoms in total. The molecule has 110 valence electrons. The summed E-state index contributed by atoms with van der Waals surface area (Å²) in [6.07, 6.45) is 0.113. The number of carbonyl (C=O) groups is 1. The predicted octanol–water partition coefficient (Wildman–Crippen LogP) is 3.90. The van der Waals surface area contributed by atoms with E-state index < -0.39 is 0 Å². The molecule has 0 amide bonds. The maximum absolute atomic E-state index is 12.7. The molecule has 21 heavy (non-hydrogen) atoms. The Morgan fingerprint density at radius 1 is 1.05 bits per heavy atom. The Hall–Kier alpha value is -2.29. The molecule has 0 unspecified atom stereocenters. The highest BCUT2D eigenvalue weighted by Crippen LogP contribution is 2.25. The fourth-order valence-corrected chi connectivity index (χ4v) is 2.40. The highest BCUT2D eigenvalue weighted by molar-refractivity contribution is 6.11. The molecule has 0 spiro atoms. The number of aryl methyl sites for hydroxylation is 2. The van der Waals surface area contributed by atoms with Gasteiger partial charge in [0.05, 0.1) is 6.10 Å². The predicted molar refractivity (Wildman–Crippen MR) is 86.0 cm³/mol. The summed E-state index contributed by atoms with van der Waals surface area (Å²) in [5.41, 5.74) is 9.54. The highest BCUT2D eigenvalue weighted by atomic mass is 16.5. The van der Waals surface area contributed by atoms with Crippen molar-refractivity contribution in [2.45, 2.75) is 33.8 Å². The standard InChI is InChI=1S/C18H21NO2/c1-11(2)21-16-9-12(3)17(13(4)10-16)18(20)14-5-7-15(19)8-6-14/h5-11H,19H2,1-4H3. The number of hydrogen-bond acceptors (Lipinski definition) is 3. The lowest BCUT2D eigenvalue weighted by molar-refractivity contribution is 0.103. The molecule has 0 fully saturated rings. The van der Waals surface area contributed by atoms with Crippen molar-refractivity contribution in [1.82, 2.24) is 0 Å². The first-order valence-corrected chi connectivity index (χ1v) is 7.06. The van der Waals surface area contributed by atoms with Crippen LogP contribution in [0.3, 0.4) is 0 Å². The molecule has 2 aromatic carbocycles. The molecular weight excluding hydrogens is 262 g/mol. The summed E-state index contributed by atoms with van der Waals surface area (Å²) in [6, 6.07) is 10.8. The van der Waals surface area contributed by atoms with E-state index in [0.29, 0.717) is 11.3 Å². The minimum Gasteiger partial charge on any atom is -0.491 e. The Labute approximate surface area is 125 Å². The number of hydrogen-bond donors (Lipinski definition) is 1. The average Bonchev–Trinajstić information content (AvgIpc) is 2.37.